The second-order valence-electron chi connectivity index (χ2n) is 6.81. The fraction of sp³-hybridized carbons (Fsp3) is 0.421. The van der Waals surface area contributed by atoms with E-state index in [2.05, 4.69) is 20.6 Å². The van der Waals surface area contributed by atoms with Crippen LogP contribution in [0.3, 0.4) is 0 Å². The summed E-state index contributed by atoms with van der Waals surface area (Å²) in [6.45, 7) is 0.601. The number of carbonyl (C=O) groups is 1. The van der Waals surface area contributed by atoms with Crippen LogP contribution in [0.4, 0.5) is 5.69 Å². The minimum atomic E-state index is -0.820. The number of aliphatic hydroxyl groups is 1. The van der Waals surface area contributed by atoms with E-state index in [1.807, 2.05) is 0 Å². The predicted octanol–water partition coefficient (Wildman–Crippen LogP) is 3.82. The van der Waals surface area contributed by atoms with E-state index in [-0.39, 0.29) is 12.5 Å². The number of carbonyl (C=O) groups excluding carboxylic acids is 1. The van der Waals surface area contributed by atoms with Crippen molar-refractivity contribution in [2.24, 2.45) is 0 Å². The summed E-state index contributed by atoms with van der Waals surface area (Å²) in [7, 11) is 0. The normalized spacial score (nSPS) is 16.0. The lowest BCUT2D eigenvalue weighted by Crippen LogP contribution is -2.44. The van der Waals surface area contributed by atoms with E-state index in [1.165, 1.54) is 6.20 Å². The zero-order chi connectivity index (χ0) is 19.3. The van der Waals surface area contributed by atoms with Crippen LogP contribution in [0.15, 0.2) is 30.6 Å². The van der Waals surface area contributed by atoms with Gasteiger partial charge in [-0.1, -0.05) is 42.5 Å². The molecule has 0 bridgehead atoms. The minimum absolute atomic E-state index is 0.231. The van der Waals surface area contributed by atoms with Gasteiger partial charge in [-0.15, -0.1) is 0 Å². The standard InChI is InChI=1S/C19H22Cl2N4O2/c20-15-5-4-13(24-11-16-17(21)23-9-8-22-16)10-14(15)18(26)25-12-19(27)6-2-1-3-7-19/h4-5,8-10,24,27H,1-3,6-7,11-12H2,(H,25,26). The van der Waals surface area contributed by atoms with E-state index in [4.69, 9.17) is 23.2 Å². The highest BCUT2D eigenvalue weighted by molar-refractivity contribution is 6.34. The highest BCUT2D eigenvalue weighted by atomic mass is 35.5. The first-order chi connectivity index (χ1) is 13.0. The summed E-state index contributed by atoms with van der Waals surface area (Å²) in [4.78, 5) is 20.7. The molecule has 144 valence electrons. The summed E-state index contributed by atoms with van der Waals surface area (Å²) in [5.74, 6) is -0.305. The van der Waals surface area contributed by atoms with Crippen molar-refractivity contribution in [1.29, 1.82) is 0 Å². The van der Waals surface area contributed by atoms with Gasteiger partial charge in [0.1, 0.15) is 0 Å². The number of rotatable bonds is 6. The molecular formula is C19H22Cl2N4O2. The van der Waals surface area contributed by atoms with Crippen LogP contribution in [0.25, 0.3) is 0 Å². The highest BCUT2D eigenvalue weighted by Crippen LogP contribution is 2.28. The summed E-state index contributed by atoms with van der Waals surface area (Å²) in [6, 6.07) is 5.11. The number of hydrogen-bond donors (Lipinski definition) is 3. The van der Waals surface area contributed by atoms with Gasteiger partial charge in [0.2, 0.25) is 0 Å². The van der Waals surface area contributed by atoms with Crippen molar-refractivity contribution in [2.45, 2.75) is 44.2 Å². The monoisotopic (exact) mass is 408 g/mol. The molecule has 1 aliphatic rings. The minimum Gasteiger partial charge on any atom is -0.388 e. The first-order valence-corrected chi connectivity index (χ1v) is 9.72. The maximum atomic E-state index is 12.6. The number of nitrogens with one attached hydrogen (secondary N) is 2. The van der Waals surface area contributed by atoms with Crippen LogP contribution < -0.4 is 10.6 Å². The molecule has 2 aromatic rings. The lowest BCUT2D eigenvalue weighted by Gasteiger charge is -2.32. The molecule has 1 amide bonds. The molecule has 6 nitrogen and oxygen atoms in total. The van der Waals surface area contributed by atoms with Gasteiger partial charge in [-0.3, -0.25) is 9.78 Å². The third-order valence-electron chi connectivity index (χ3n) is 4.76. The Hall–Kier alpha value is -1.89. The molecule has 0 saturated heterocycles. The summed E-state index contributed by atoms with van der Waals surface area (Å²) >= 11 is 12.2. The van der Waals surface area contributed by atoms with Crippen LogP contribution in [-0.2, 0) is 6.54 Å². The van der Waals surface area contributed by atoms with Gasteiger partial charge in [-0.25, -0.2) is 4.98 Å². The Morgan fingerprint density at radius 1 is 1.15 bits per heavy atom. The van der Waals surface area contributed by atoms with E-state index in [1.54, 1.807) is 24.4 Å². The van der Waals surface area contributed by atoms with Gasteiger partial charge in [-0.2, -0.15) is 0 Å². The fourth-order valence-corrected chi connectivity index (χ4v) is 3.57. The van der Waals surface area contributed by atoms with Gasteiger partial charge in [0.25, 0.3) is 5.91 Å². The third kappa shape index (κ3) is 5.31. The number of aromatic nitrogens is 2. The van der Waals surface area contributed by atoms with E-state index in [9.17, 15) is 9.90 Å². The molecule has 0 aliphatic heterocycles. The van der Waals surface area contributed by atoms with Gasteiger partial charge >= 0.3 is 0 Å². The van der Waals surface area contributed by atoms with Crippen LogP contribution in [0.5, 0.6) is 0 Å². The summed E-state index contributed by atoms with van der Waals surface area (Å²) in [6.07, 6.45) is 7.61. The lowest BCUT2D eigenvalue weighted by molar-refractivity contribution is 0.00526. The lowest BCUT2D eigenvalue weighted by atomic mass is 9.85. The molecule has 0 atom stereocenters. The van der Waals surface area contributed by atoms with Crippen molar-refractivity contribution < 1.29 is 9.90 Å². The van der Waals surface area contributed by atoms with Gasteiger partial charge in [0, 0.05) is 24.6 Å². The van der Waals surface area contributed by atoms with Crippen LogP contribution >= 0.6 is 23.2 Å². The Morgan fingerprint density at radius 3 is 2.63 bits per heavy atom. The molecule has 1 heterocycles. The van der Waals surface area contributed by atoms with Crippen molar-refractivity contribution >= 4 is 34.8 Å². The van der Waals surface area contributed by atoms with Crippen LogP contribution in [0, 0.1) is 0 Å². The molecule has 0 radical (unpaired) electrons. The van der Waals surface area contributed by atoms with Crippen molar-refractivity contribution in [3.05, 3.63) is 52.0 Å². The van der Waals surface area contributed by atoms with Crippen molar-refractivity contribution in [1.82, 2.24) is 15.3 Å². The molecule has 0 spiro atoms. The fourth-order valence-electron chi connectivity index (χ4n) is 3.19. The van der Waals surface area contributed by atoms with E-state index in [0.717, 1.165) is 19.3 Å². The predicted molar refractivity (Wildman–Crippen MR) is 106 cm³/mol. The number of benzene rings is 1. The van der Waals surface area contributed by atoms with E-state index >= 15 is 0 Å². The Bertz CT molecular complexity index is 810. The molecule has 1 aromatic heterocycles. The van der Waals surface area contributed by atoms with Crippen molar-refractivity contribution in [2.75, 3.05) is 11.9 Å². The largest absolute Gasteiger partial charge is 0.388 e. The second kappa shape index (κ2) is 8.87. The first kappa shape index (κ1) is 19.9. The quantitative estimate of drug-likeness (QED) is 0.675. The van der Waals surface area contributed by atoms with E-state index < -0.39 is 5.60 Å². The highest BCUT2D eigenvalue weighted by Gasteiger charge is 2.29. The van der Waals surface area contributed by atoms with Gasteiger partial charge < -0.3 is 15.7 Å². The molecule has 8 heteroatoms. The molecule has 1 fully saturated rings. The zero-order valence-electron chi connectivity index (χ0n) is 14.8. The smallest absolute Gasteiger partial charge is 0.252 e. The van der Waals surface area contributed by atoms with Gasteiger partial charge in [0.05, 0.1) is 28.4 Å². The Kier molecular flexibility index (Phi) is 6.52. The van der Waals surface area contributed by atoms with Gasteiger partial charge in [0.15, 0.2) is 5.15 Å². The van der Waals surface area contributed by atoms with Crippen molar-refractivity contribution in [3.63, 3.8) is 0 Å². The molecule has 3 N–H and O–H groups in total. The molecular weight excluding hydrogens is 387 g/mol. The topological polar surface area (TPSA) is 87.1 Å². The van der Waals surface area contributed by atoms with E-state index in [0.29, 0.717) is 46.5 Å². The molecule has 3 rings (SSSR count). The average molecular weight is 409 g/mol. The molecule has 0 unspecified atom stereocenters. The Morgan fingerprint density at radius 2 is 1.89 bits per heavy atom. The number of anilines is 1. The molecule has 1 aliphatic carbocycles. The SMILES string of the molecule is O=C(NCC1(O)CCCCC1)c1cc(NCc2nccnc2Cl)ccc1Cl. The number of amides is 1. The van der Waals surface area contributed by atoms with Crippen LogP contribution in [-0.4, -0.2) is 33.1 Å². The summed E-state index contributed by atoms with van der Waals surface area (Å²) < 4.78 is 0. The maximum Gasteiger partial charge on any atom is 0.252 e. The first-order valence-electron chi connectivity index (χ1n) is 8.96. The molecule has 1 saturated carbocycles. The maximum absolute atomic E-state index is 12.6. The second-order valence-corrected chi connectivity index (χ2v) is 7.57. The zero-order valence-corrected chi connectivity index (χ0v) is 16.4. The molecule has 1 aromatic carbocycles. The summed E-state index contributed by atoms with van der Waals surface area (Å²) in [5, 5.41) is 17.2. The third-order valence-corrected chi connectivity index (χ3v) is 5.40. The Labute approximate surface area is 168 Å². The van der Waals surface area contributed by atoms with Crippen LogP contribution in [0.2, 0.25) is 10.2 Å². The molecule has 27 heavy (non-hydrogen) atoms. The van der Waals surface area contributed by atoms with Crippen LogP contribution in [0.1, 0.15) is 48.2 Å². The average Bonchev–Trinajstić information content (AvgIpc) is 2.67. The Balaban J connectivity index is 1.63. The summed E-state index contributed by atoms with van der Waals surface area (Å²) in [5.41, 5.74) is 0.854. The van der Waals surface area contributed by atoms with Gasteiger partial charge in [-0.05, 0) is 31.0 Å². The number of halogens is 2. The number of hydrogen-bond acceptors (Lipinski definition) is 5. The van der Waals surface area contributed by atoms with Crippen molar-refractivity contribution in [3.8, 4) is 0 Å². The number of nitrogens with zero attached hydrogens (tertiary/aromatic N) is 2.